The fourth-order valence-electron chi connectivity index (χ4n) is 2.86. The van der Waals surface area contributed by atoms with Gasteiger partial charge < -0.3 is 0 Å². The first-order chi connectivity index (χ1) is 8.31. The maximum absolute atomic E-state index is 13.9. The highest BCUT2D eigenvalue weighted by Crippen LogP contribution is 2.34. The van der Waals surface area contributed by atoms with Crippen LogP contribution in [-0.2, 0) is 6.42 Å². The van der Waals surface area contributed by atoms with Crippen LogP contribution in [0.25, 0.3) is 0 Å². The number of aryl methyl sites for hydroxylation is 1. The van der Waals surface area contributed by atoms with Crippen molar-refractivity contribution in [3.63, 3.8) is 0 Å². The summed E-state index contributed by atoms with van der Waals surface area (Å²) >= 11 is 0. The van der Waals surface area contributed by atoms with E-state index in [1.54, 1.807) is 6.07 Å². The molecule has 0 heterocycles. The van der Waals surface area contributed by atoms with Crippen molar-refractivity contribution in [3.05, 3.63) is 35.1 Å². The summed E-state index contributed by atoms with van der Waals surface area (Å²) in [6, 6.07) is 5.76. The fraction of sp³-hybridized carbons (Fsp3) is 0.625. The second-order valence-electron chi connectivity index (χ2n) is 5.29. The summed E-state index contributed by atoms with van der Waals surface area (Å²) in [6.07, 6.45) is 9.71. The normalized spacial score (nSPS) is 17.3. The Morgan fingerprint density at radius 1 is 1.18 bits per heavy atom. The van der Waals surface area contributed by atoms with Crippen molar-refractivity contribution >= 4 is 0 Å². The molecule has 0 radical (unpaired) electrons. The monoisotopic (exact) mass is 234 g/mol. The largest absolute Gasteiger partial charge is 0.207 e. The van der Waals surface area contributed by atoms with Crippen LogP contribution in [0.1, 0.15) is 68.9 Å². The summed E-state index contributed by atoms with van der Waals surface area (Å²) < 4.78 is 13.9. The fourth-order valence-corrected chi connectivity index (χ4v) is 2.86. The van der Waals surface area contributed by atoms with Crippen LogP contribution < -0.4 is 0 Å². The van der Waals surface area contributed by atoms with Gasteiger partial charge in [0, 0.05) is 0 Å². The molecule has 0 spiro atoms. The molecule has 0 aromatic heterocycles. The van der Waals surface area contributed by atoms with E-state index in [-0.39, 0.29) is 5.82 Å². The Morgan fingerprint density at radius 3 is 2.65 bits per heavy atom. The maximum atomic E-state index is 13.9. The minimum atomic E-state index is 0.0112. The van der Waals surface area contributed by atoms with Gasteiger partial charge in [0.15, 0.2) is 0 Å². The van der Waals surface area contributed by atoms with E-state index >= 15 is 0 Å². The number of hydrogen-bond donors (Lipinski definition) is 0. The van der Waals surface area contributed by atoms with E-state index in [2.05, 4.69) is 13.0 Å². The van der Waals surface area contributed by atoms with Crippen LogP contribution >= 0.6 is 0 Å². The molecule has 0 N–H and O–H groups in total. The first kappa shape index (κ1) is 12.6. The van der Waals surface area contributed by atoms with E-state index in [1.807, 2.05) is 6.07 Å². The lowest BCUT2D eigenvalue weighted by Gasteiger charge is -2.23. The molecule has 0 amide bonds. The van der Waals surface area contributed by atoms with Crippen LogP contribution in [0.2, 0.25) is 0 Å². The Hall–Kier alpha value is -0.850. The molecule has 0 saturated heterocycles. The van der Waals surface area contributed by atoms with Gasteiger partial charge in [-0.1, -0.05) is 44.7 Å². The summed E-state index contributed by atoms with van der Waals surface area (Å²) in [6.45, 7) is 2.20. The van der Waals surface area contributed by atoms with Gasteiger partial charge in [0.2, 0.25) is 0 Å². The Morgan fingerprint density at radius 2 is 1.94 bits per heavy atom. The van der Waals surface area contributed by atoms with Crippen LogP contribution in [0.4, 0.5) is 4.39 Å². The summed E-state index contributed by atoms with van der Waals surface area (Å²) in [5.74, 6) is 0.488. The summed E-state index contributed by atoms with van der Waals surface area (Å²) in [4.78, 5) is 0. The number of hydrogen-bond acceptors (Lipinski definition) is 0. The van der Waals surface area contributed by atoms with Crippen molar-refractivity contribution in [1.82, 2.24) is 0 Å². The lowest BCUT2D eigenvalue weighted by atomic mass is 9.83. The number of halogens is 1. The number of rotatable bonds is 4. The van der Waals surface area contributed by atoms with E-state index in [0.717, 1.165) is 12.0 Å². The van der Waals surface area contributed by atoms with Crippen LogP contribution in [0.5, 0.6) is 0 Å². The Labute approximate surface area is 104 Å². The molecule has 1 aliphatic carbocycles. The molecule has 1 fully saturated rings. The van der Waals surface area contributed by atoms with Gasteiger partial charge in [0.05, 0.1) is 0 Å². The molecule has 0 nitrogen and oxygen atoms in total. The molecule has 17 heavy (non-hydrogen) atoms. The van der Waals surface area contributed by atoms with Crippen molar-refractivity contribution in [2.45, 2.75) is 64.2 Å². The first-order valence-electron chi connectivity index (χ1n) is 7.09. The summed E-state index contributed by atoms with van der Waals surface area (Å²) in [7, 11) is 0. The average Bonchev–Trinajstić information content (AvgIpc) is 2.39. The molecule has 94 valence electrons. The lowest BCUT2D eigenvalue weighted by molar-refractivity contribution is 0.429. The predicted molar refractivity (Wildman–Crippen MR) is 70.8 cm³/mol. The van der Waals surface area contributed by atoms with Gasteiger partial charge in [-0.05, 0) is 48.8 Å². The van der Waals surface area contributed by atoms with Crippen LogP contribution in [-0.4, -0.2) is 0 Å². The van der Waals surface area contributed by atoms with Crippen molar-refractivity contribution in [2.75, 3.05) is 0 Å². The van der Waals surface area contributed by atoms with E-state index in [9.17, 15) is 4.39 Å². The summed E-state index contributed by atoms with van der Waals surface area (Å²) in [5.41, 5.74) is 2.30. The minimum Gasteiger partial charge on any atom is -0.207 e. The molecule has 0 atom stereocenters. The molecule has 1 aromatic rings. The van der Waals surface area contributed by atoms with Crippen molar-refractivity contribution < 1.29 is 4.39 Å². The van der Waals surface area contributed by atoms with E-state index in [1.165, 1.54) is 50.5 Å². The molecule has 0 aliphatic heterocycles. The third kappa shape index (κ3) is 3.31. The zero-order valence-corrected chi connectivity index (χ0v) is 10.8. The zero-order valence-electron chi connectivity index (χ0n) is 10.8. The van der Waals surface area contributed by atoms with Crippen molar-refractivity contribution in [1.29, 1.82) is 0 Å². The van der Waals surface area contributed by atoms with Gasteiger partial charge in [0.1, 0.15) is 5.82 Å². The second-order valence-corrected chi connectivity index (χ2v) is 5.29. The van der Waals surface area contributed by atoms with Crippen LogP contribution in [0, 0.1) is 5.82 Å². The van der Waals surface area contributed by atoms with Crippen molar-refractivity contribution in [2.24, 2.45) is 0 Å². The van der Waals surface area contributed by atoms with E-state index in [4.69, 9.17) is 0 Å². The third-order valence-electron chi connectivity index (χ3n) is 3.92. The smallest absolute Gasteiger partial charge is 0.126 e. The average molecular weight is 234 g/mol. The highest BCUT2D eigenvalue weighted by Gasteiger charge is 2.18. The highest BCUT2D eigenvalue weighted by molar-refractivity contribution is 5.28. The predicted octanol–water partition coefficient (Wildman–Crippen LogP) is 5.22. The lowest BCUT2D eigenvalue weighted by Crippen LogP contribution is -2.07. The molecule has 1 aliphatic rings. The molecular weight excluding hydrogens is 211 g/mol. The maximum Gasteiger partial charge on any atom is 0.126 e. The molecule has 0 bridgehead atoms. The minimum absolute atomic E-state index is 0.0112. The quantitative estimate of drug-likeness (QED) is 0.670. The first-order valence-corrected chi connectivity index (χ1v) is 7.09. The van der Waals surface area contributed by atoms with Gasteiger partial charge in [-0.25, -0.2) is 4.39 Å². The third-order valence-corrected chi connectivity index (χ3v) is 3.92. The Balaban J connectivity index is 2.13. The van der Waals surface area contributed by atoms with Gasteiger partial charge in [-0.3, -0.25) is 0 Å². The number of benzene rings is 1. The Bertz CT molecular complexity index is 351. The number of unbranched alkanes of at least 4 members (excludes halogenated alkanes) is 1. The molecule has 0 unspecified atom stereocenters. The van der Waals surface area contributed by atoms with Gasteiger partial charge in [-0.2, -0.15) is 0 Å². The van der Waals surface area contributed by atoms with Crippen LogP contribution in [0.15, 0.2) is 18.2 Å². The molecule has 1 aromatic carbocycles. The van der Waals surface area contributed by atoms with E-state index in [0.29, 0.717) is 5.92 Å². The van der Waals surface area contributed by atoms with Gasteiger partial charge in [-0.15, -0.1) is 0 Å². The zero-order chi connectivity index (χ0) is 12.1. The van der Waals surface area contributed by atoms with Gasteiger partial charge in [0.25, 0.3) is 0 Å². The topological polar surface area (TPSA) is 0 Å². The van der Waals surface area contributed by atoms with E-state index < -0.39 is 0 Å². The SMILES string of the molecule is CCCCc1ccc(F)c(C2CCCCC2)c1. The standard InChI is InChI=1S/C16H23F/c1-2-3-7-13-10-11-16(17)15(12-13)14-8-5-4-6-9-14/h10-12,14H,2-9H2,1H3. The molecule has 1 heteroatoms. The molecule has 2 rings (SSSR count). The Kier molecular flexibility index (Phi) is 4.58. The van der Waals surface area contributed by atoms with Crippen molar-refractivity contribution in [3.8, 4) is 0 Å². The van der Waals surface area contributed by atoms with Crippen LogP contribution in [0.3, 0.4) is 0 Å². The molecular formula is C16H23F. The highest BCUT2D eigenvalue weighted by atomic mass is 19.1. The molecule has 1 saturated carbocycles. The second kappa shape index (κ2) is 6.18. The van der Waals surface area contributed by atoms with Gasteiger partial charge >= 0.3 is 0 Å². The summed E-state index contributed by atoms with van der Waals surface area (Å²) in [5, 5.41) is 0.